The molecule has 3 rings (SSSR count). The van der Waals surface area contributed by atoms with Crippen LogP contribution in [0.5, 0.6) is 0 Å². The minimum Gasteiger partial charge on any atom is -0.459 e. The molecule has 2 heterocycles. The van der Waals surface area contributed by atoms with Crippen LogP contribution in [0.1, 0.15) is 54.5 Å². The molecule has 0 aromatic carbocycles. The van der Waals surface area contributed by atoms with Gasteiger partial charge in [-0.3, -0.25) is 20.4 Å². The second kappa shape index (κ2) is 8.00. The molecule has 0 spiro atoms. The summed E-state index contributed by atoms with van der Waals surface area (Å²) >= 11 is 1.14. The molecule has 0 bridgehead atoms. The molecular weight excluding hydrogens is 332 g/mol. The smallest absolute Gasteiger partial charge is 0.305 e. The Bertz CT molecular complexity index is 679. The summed E-state index contributed by atoms with van der Waals surface area (Å²) in [4.78, 5) is 23.3. The molecule has 0 atom stereocenters. The molecule has 1 fully saturated rings. The zero-order valence-electron chi connectivity index (χ0n) is 13.0. The zero-order chi connectivity index (χ0) is 16.8. The monoisotopic (exact) mass is 350 g/mol. The van der Waals surface area contributed by atoms with Crippen LogP contribution in [-0.4, -0.2) is 27.8 Å². The van der Waals surface area contributed by atoms with Gasteiger partial charge in [0.2, 0.25) is 11.8 Å². The molecule has 1 aliphatic rings. The quantitative estimate of drug-likeness (QED) is 0.628. The van der Waals surface area contributed by atoms with Crippen molar-refractivity contribution in [3.8, 4) is 0 Å². The third-order valence-corrected chi connectivity index (χ3v) is 4.58. The molecule has 8 nitrogen and oxygen atoms in total. The molecule has 9 heteroatoms. The second-order valence-corrected chi connectivity index (χ2v) is 6.44. The van der Waals surface area contributed by atoms with E-state index in [9.17, 15) is 9.59 Å². The van der Waals surface area contributed by atoms with E-state index in [1.807, 2.05) is 0 Å². The van der Waals surface area contributed by atoms with Crippen LogP contribution in [0, 0.1) is 0 Å². The highest BCUT2D eigenvalue weighted by Crippen LogP contribution is 2.32. The Labute approximate surface area is 142 Å². The first-order valence-corrected chi connectivity index (χ1v) is 8.80. The fourth-order valence-electron chi connectivity index (χ4n) is 2.55. The topological polar surface area (TPSA) is 110 Å². The van der Waals surface area contributed by atoms with Gasteiger partial charge in [0.05, 0.1) is 12.0 Å². The van der Waals surface area contributed by atoms with Crippen molar-refractivity contribution in [1.82, 2.24) is 21.0 Å². The van der Waals surface area contributed by atoms with Crippen molar-refractivity contribution in [2.24, 2.45) is 0 Å². The average molecular weight is 350 g/mol. The molecule has 0 saturated heterocycles. The Balaban J connectivity index is 1.41. The van der Waals surface area contributed by atoms with Crippen LogP contribution in [0.4, 0.5) is 0 Å². The number of nitrogens with one attached hydrogen (secondary N) is 2. The summed E-state index contributed by atoms with van der Waals surface area (Å²) in [5.74, 6) is 0.279. The number of aromatic nitrogens is 2. The van der Waals surface area contributed by atoms with Gasteiger partial charge in [-0.1, -0.05) is 31.0 Å². The highest BCUT2D eigenvalue weighted by atomic mass is 32.2. The number of thioether (sulfide) groups is 1. The molecule has 2 N–H and O–H groups in total. The van der Waals surface area contributed by atoms with E-state index >= 15 is 0 Å². The number of hydrogen-bond donors (Lipinski definition) is 2. The van der Waals surface area contributed by atoms with Gasteiger partial charge in [-0.15, -0.1) is 10.2 Å². The van der Waals surface area contributed by atoms with Gasteiger partial charge < -0.3 is 8.83 Å². The molecule has 0 aliphatic heterocycles. The van der Waals surface area contributed by atoms with E-state index in [-0.39, 0.29) is 17.4 Å². The van der Waals surface area contributed by atoms with E-state index in [0.29, 0.717) is 17.0 Å². The molecule has 24 heavy (non-hydrogen) atoms. The summed E-state index contributed by atoms with van der Waals surface area (Å²) in [6.07, 6.45) is 7.17. The first kappa shape index (κ1) is 16.6. The maximum absolute atomic E-state index is 11.7. The van der Waals surface area contributed by atoms with Crippen LogP contribution in [0.25, 0.3) is 0 Å². The predicted molar refractivity (Wildman–Crippen MR) is 85.2 cm³/mol. The molecule has 2 aromatic heterocycles. The number of carbonyl (C=O) groups excluding carboxylic acids is 2. The lowest BCUT2D eigenvalue weighted by Gasteiger charge is -2.17. The lowest BCUT2D eigenvalue weighted by molar-refractivity contribution is -0.119. The van der Waals surface area contributed by atoms with Crippen molar-refractivity contribution in [2.75, 3.05) is 5.75 Å². The van der Waals surface area contributed by atoms with Crippen molar-refractivity contribution >= 4 is 23.6 Å². The third kappa shape index (κ3) is 4.38. The normalized spacial score (nSPS) is 15.2. The Morgan fingerprint density at radius 3 is 2.79 bits per heavy atom. The van der Waals surface area contributed by atoms with Gasteiger partial charge in [0.15, 0.2) is 5.76 Å². The minimum absolute atomic E-state index is 0.0603. The van der Waals surface area contributed by atoms with Crippen molar-refractivity contribution in [3.05, 3.63) is 30.0 Å². The zero-order valence-corrected chi connectivity index (χ0v) is 13.8. The maximum Gasteiger partial charge on any atom is 0.305 e. The summed E-state index contributed by atoms with van der Waals surface area (Å²) in [6, 6.07) is 3.09. The van der Waals surface area contributed by atoms with Gasteiger partial charge in [-0.2, -0.15) is 0 Å². The van der Waals surface area contributed by atoms with Gasteiger partial charge >= 0.3 is 5.91 Å². The van der Waals surface area contributed by atoms with Crippen LogP contribution >= 0.6 is 11.8 Å². The lowest BCUT2D eigenvalue weighted by Crippen LogP contribution is -2.42. The highest BCUT2D eigenvalue weighted by Gasteiger charge is 2.21. The number of furan rings is 1. The molecule has 0 radical (unpaired) electrons. The molecule has 2 amide bonds. The Morgan fingerprint density at radius 2 is 2.04 bits per heavy atom. The number of carbonyl (C=O) groups is 2. The number of rotatable bonds is 5. The van der Waals surface area contributed by atoms with Crippen LogP contribution < -0.4 is 10.9 Å². The summed E-state index contributed by atoms with van der Waals surface area (Å²) in [5.41, 5.74) is 4.57. The van der Waals surface area contributed by atoms with Gasteiger partial charge in [-0.05, 0) is 25.0 Å². The van der Waals surface area contributed by atoms with Gasteiger partial charge in [-0.25, -0.2) is 0 Å². The molecule has 128 valence electrons. The first-order chi connectivity index (χ1) is 11.7. The Kier molecular flexibility index (Phi) is 5.52. The fraction of sp³-hybridized carbons (Fsp3) is 0.467. The standard InChI is InChI=1S/C15H18N4O4S/c20-12(16-17-13(21)11-7-4-8-22-11)9-24-15-19-18-14(23-15)10-5-2-1-3-6-10/h4,7-8,10H,1-3,5-6,9H2,(H,16,20)(H,17,21). The summed E-state index contributed by atoms with van der Waals surface area (Å²) in [6.45, 7) is 0. The summed E-state index contributed by atoms with van der Waals surface area (Å²) < 4.78 is 10.5. The van der Waals surface area contributed by atoms with Crippen molar-refractivity contribution < 1.29 is 18.4 Å². The van der Waals surface area contributed by atoms with Crippen molar-refractivity contribution in [1.29, 1.82) is 0 Å². The van der Waals surface area contributed by atoms with Gasteiger partial charge in [0, 0.05) is 5.92 Å². The predicted octanol–water partition coefficient (Wildman–Crippen LogP) is 2.26. The van der Waals surface area contributed by atoms with E-state index in [4.69, 9.17) is 8.83 Å². The number of hydrazine groups is 1. The van der Waals surface area contributed by atoms with E-state index in [0.717, 1.165) is 24.6 Å². The van der Waals surface area contributed by atoms with Crippen LogP contribution in [-0.2, 0) is 4.79 Å². The van der Waals surface area contributed by atoms with Crippen molar-refractivity contribution in [2.45, 2.75) is 43.2 Å². The Hall–Kier alpha value is -2.29. The molecule has 2 aromatic rings. The minimum atomic E-state index is -0.518. The third-order valence-electron chi connectivity index (χ3n) is 3.76. The van der Waals surface area contributed by atoms with E-state index in [2.05, 4.69) is 21.0 Å². The summed E-state index contributed by atoms with van der Waals surface area (Å²) in [7, 11) is 0. The molecular formula is C15H18N4O4S. The summed E-state index contributed by atoms with van der Waals surface area (Å²) in [5, 5.41) is 8.40. The van der Waals surface area contributed by atoms with Crippen LogP contribution in [0.3, 0.4) is 0 Å². The fourth-order valence-corrected chi connectivity index (χ4v) is 3.12. The SMILES string of the molecule is O=C(CSc1nnc(C2CCCCC2)o1)NNC(=O)c1ccco1. The van der Waals surface area contributed by atoms with Gasteiger partial charge in [0.1, 0.15) is 0 Å². The number of nitrogens with zero attached hydrogens (tertiary/aromatic N) is 2. The van der Waals surface area contributed by atoms with E-state index < -0.39 is 5.91 Å². The lowest BCUT2D eigenvalue weighted by atomic mass is 9.89. The molecule has 1 saturated carbocycles. The molecule has 0 unspecified atom stereocenters. The largest absolute Gasteiger partial charge is 0.459 e. The first-order valence-electron chi connectivity index (χ1n) is 7.81. The maximum atomic E-state index is 11.7. The average Bonchev–Trinajstić information content (AvgIpc) is 3.30. The second-order valence-electron chi connectivity index (χ2n) is 5.51. The Morgan fingerprint density at radius 1 is 1.21 bits per heavy atom. The highest BCUT2D eigenvalue weighted by molar-refractivity contribution is 7.99. The number of hydrogen-bond acceptors (Lipinski definition) is 7. The van der Waals surface area contributed by atoms with Crippen LogP contribution in [0.15, 0.2) is 32.5 Å². The van der Waals surface area contributed by atoms with E-state index in [1.54, 1.807) is 6.07 Å². The van der Waals surface area contributed by atoms with Crippen LogP contribution in [0.2, 0.25) is 0 Å². The number of amides is 2. The molecule has 1 aliphatic carbocycles. The van der Waals surface area contributed by atoms with Crippen molar-refractivity contribution in [3.63, 3.8) is 0 Å². The van der Waals surface area contributed by atoms with Gasteiger partial charge in [0.25, 0.3) is 5.22 Å². The van der Waals surface area contributed by atoms with E-state index in [1.165, 1.54) is 31.6 Å².